The average molecular weight is 416 g/mol. The molecule has 1 heterocycles. The molecule has 0 fully saturated rings. The van der Waals surface area contributed by atoms with Gasteiger partial charge in [0.15, 0.2) is 11.3 Å². The molecule has 0 saturated carbocycles. The van der Waals surface area contributed by atoms with Gasteiger partial charge < -0.3 is 13.9 Å². The van der Waals surface area contributed by atoms with Crippen LogP contribution in [0.3, 0.4) is 0 Å². The molecule has 0 bridgehead atoms. The van der Waals surface area contributed by atoms with Crippen molar-refractivity contribution >= 4 is 33.9 Å². The van der Waals surface area contributed by atoms with Crippen molar-refractivity contribution in [2.45, 2.75) is 6.92 Å². The van der Waals surface area contributed by atoms with E-state index in [9.17, 15) is 14.0 Å². The van der Waals surface area contributed by atoms with Gasteiger partial charge in [-0.3, -0.25) is 0 Å². The van der Waals surface area contributed by atoms with Gasteiger partial charge in [0, 0.05) is 28.5 Å². The van der Waals surface area contributed by atoms with Crippen molar-refractivity contribution in [2.24, 2.45) is 0 Å². The van der Waals surface area contributed by atoms with Gasteiger partial charge in [-0.1, -0.05) is 31.4 Å². The molecule has 0 aliphatic carbocycles. The van der Waals surface area contributed by atoms with E-state index in [0.717, 1.165) is 34.2 Å². The molecule has 0 saturated heterocycles. The Hall–Kier alpha value is -4.19. The summed E-state index contributed by atoms with van der Waals surface area (Å²) in [6.07, 6.45) is 2.05. The van der Waals surface area contributed by atoms with Crippen LogP contribution in [0.4, 0.5) is 4.39 Å². The number of ether oxygens (including phenoxy) is 2. The molecule has 0 spiro atoms. The third kappa shape index (κ3) is 3.59. The SMILES string of the molecule is C=CC(=O)Oc1ccc(-c2ccc3c(oc4c(F)c(OC(=O)C=C)ccc43)c2C)cc1. The zero-order chi connectivity index (χ0) is 22.1. The maximum atomic E-state index is 14.9. The van der Waals surface area contributed by atoms with E-state index in [0.29, 0.717) is 16.7 Å². The van der Waals surface area contributed by atoms with Gasteiger partial charge >= 0.3 is 11.9 Å². The van der Waals surface area contributed by atoms with Gasteiger partial charge in [0.25, 0.3) is 0 Å². The fraction of sp³-hybridized carbons (Fsp3) is 0.0400. The van der Waals surface area contributed by atoms with Crippen molar-refractivity contribution < 1.29 is 27.9 Å². The van der Waals surface area contributed by atoms with Crippen LogP contribution in [-0.4, -0.2) is 11.9 Å². The first-order valence-electron chi connectivity index (χ1n) is 9.36. The minimum Gasteiger partial charge on any atom is -0.453 e. The molecule has 6 heteroatoms. The van der Waals surface area contributed by atoms with E-state index in [-0.39, 0.29) is 11.3 Å². The maximum Gasteiger partial charge on any atom is 0.335 e. The Bertz CT molecular complexity index is 1360. The first-order chi connectivity index (χ1) is 14.9. The maximum absolute atomic E-state index is 14.9. The number of benzene rings is 3. The molecule has 1 aromatic heterocycles. The van der Waals surface area contributed by atoms with Crippen molar-refractivity contribution in [3.05, 3.63) is 85.2 Å². The van der Waals surface area contributed by atoms with Crippen molar-refractivity contribution in [2.75, 3.05) is 0 Å². The molecule has 4 aromatic rings. The summed E-state index contributed by atoms with van der Waals surface area (Å²) >= 11 is 0. The number of fused-ring (bicyclic) bond motifs is 3. The highest BCUT2D eigenvalue weighted by atomic mass is 19.1. The molecule has 5 nitrogen and oxygen atoms in total. The predicted octanol–water partition coefficient (Wildman–Crippen LogP) is 5.88. The third-order valence-electron chi connectivity index (χ3n) is 4.89. The number of carbonyl (C=O) groups excluding carboxylic acids is 2. The number of furan rings is 1. The Morgan fingerprint density at radius 2 is 1.48 bits per heavy atom. The topological polar surface area (TPSA) is 65.7 Å². The summed E-state index contributed by atoms with van der Waals surface area (Å²) in [5.74, 6) is -1.86. The fourth-order valence-electron chi connectivity index (χ4n) is 3.39. The van der Waals surface area contributed by atoms with Crippen molar-refractivity contribution in [1.82, 2.24) is 0 Å². The highest BCUT2D eigenvalue weighted by Gasteiger charge is 2.19. The minimum absolute atomic E-state index is 0.0105. The quantitative estimate of drug-likeness (QED) is 0.231. The van der Waals surface area contributed by atoms with Gasteiger partial charge in [-0.25, -0.2) is 9.59 Å². The minimum atomic E-state index is -0.755. The highest BCUT2D eigenvalue weighted by molar-refractivity contribution is 6.08. The first kappa shape index (κ1) is 20.1. The summed E-state index contributed by atoms with van der Waals surface area (Å²) in [6.45, 7) is 8.56. The standard InChI is InChI=1S/C25H17FO5/c1-4-21(27)29-16-8-6-15(7-9-16)17-10-11-18-19-12-13-20(30-22(28)5-2)23(26)25(19)31-24(18)14(17)3/h4-13H,1-2H2,3H3. The summed E-state index contributed by atoms with van der Waals surface area (Å²) in [5, 5.41) is 1.32. The smallest absolute Gasteiger partial charge is 0.335 e. The van der Waals surface area contributed by atoms with Crippen LogP contribution in [0, 0.1) is 12.7 Å². The van der Waals surface area contributed by atoms with Crippen molar-refractivity contribution in [3.63, 3.8) is 0 Å². The Kier molecular flexibility index (Phi) is 5.13. The molecule has 0 aliphatic rings. The lowest BCUT2D eigenvalue weighted by molar-refractivity contribution is -0.130. The molecule has 4 rings (SSSR count). The summed E-state index contributed by atoms with van der Waals surface area (Å²) in [5.41, 5.74) is 3.11. The average Bonchev–Trinajstić information content (AvgIpc) is 3.17. The van der Waals surface area contributed by atoms with Crippen LogP contribution >= 0.6 is 0 Å². The van der Waals surface area contributed by atoms with E-state index in [2.05, 4.69) is 13.2 Å². The van der Waals surface area contributed by atoms with E-state index in [1.54, 1.807) is 18.2 Å². The molecule has 0 unspecified atom stereocenters. The fourth-order valence-corrected chi connectivity index (χ4v) is 3.39. The summed E-state index contributed by atoms with van der Waals surface area (Å²) in [6, 6.07) is 13.8. The second-order valence-corrected chi connectivity index (χ2v) is 6.75. The number of carbonyl (C=O) groups is 2. The zero-order valence-electron chi connectivity index (χ0n) is 16.6. The van der Waals surface area contributed by atoms with Gasteiger partial charge in [-0.05, 0) is 48.4 Å². The lowest BCUT2D eigenvalue weighted by Gasteiger charge is -2.08. The van der Waals surface area contributed by atoms with Crippen LogP contribution in [0.2, 0.25) is 0 Å². The molecule has 3 aromatic carbocycles. The number of halogens is 1. The van der Waals surface area contributed by atoms with Crippen LogP contribution < -0.4 is 9.47 Å². The lowest BCUT2D eigenvalue weighted by atomic mass is 9.98. The molecule has 0 radical (unpaired) electrons. The highest BCUT2D eigenvalue weighted by Crippen LogP contribution is 2.39. The van der Waals surface area contributed by atoms with Crippen LogP contribution in [-0.2, 0) is 9.59 Å². The number of hydrogen-bond acceptors (Lipinski definition) is 5. The van der Waals surface area contributed by atoms with E-state index in [1.807, 2.05) is 31.2 Å². The van der Waals surface area contributed by atoms with Crippen molar-refractivity contribution in [1.29, 1.82) is 0 Å². The van der Waals surface area contributed by atoms with Gasteiger partial charge in [0.1, 0.15) is 11.3 Å². The van der Waals surface area contributed by atoms with Gasteiger partial charge in [0.05, 0.1) is 0 Å². The van der Waals surface area contributed by atoms with Crippen LogP contribution in [0.25, 0.3) is 33.1 Å². The van der Waals surface area contributed by atoms with Crippen LogP contribution in [0.15, 0.2) is 78.3 Å². The largest absolute Gasteiger partial charge is 0.453 e. The molecular formula is C25H17FO5. The van der Waals surface area contributed by atoms with Gasteiger partial charge in [0.2, 0.25) is 5.82 Å². The Morgan fingerprint density at radius 1 is 0.871 bits per heavy atom. The molecule has 0 atom stereocenters. The predicted molar refractivity (Wildman–Crippen MR) is 116 cm³/mol. The first-order valence-corrected chi connectivity index (χ1v) is 9.36. The number of hydrogen-bond donors (Lipinski definition) is 0. The zero-order valence-corrected chi connectivity index (χ0v) is 16.6. The van der Waals surface area contributed by atoms with Gasteiger partial charge in [-0.15, -0.1) is 0 Å². The van der Waals surface area contributed by atoms with Crippen LogP contribution in [0.1, 0.15) is 5.56 Å². The summed E-state index contributed by atoms with van der Waals surface area (Å²) < 4.78 is 30.8. The molecule has 0 amide bonds. The van der Waals surface area contributed by atoms with Gasteiger partial charge in [-0.2, -0.15) is 4.39 Å². The lowest BCUT2D eigenvalue weighted by Crippen LogP contribution is -2.04. The molecule has 0 aliphatic heterocycles. The van der Waals surface area contributed by atoms with E-state index in [4.69, 9.17) is 13.9 Å². The summed E-state index contributed by atoms with van der Waals surface area (Å²) in [4.78, 5) is 22.8. The number of rotatable bonds is 5. The number of aryl methyl sites for hydroxylation is 1. The Labute approximate surface area is 177 Å². The van der Waals surface area contributed by atoms with Crippen LogP contribution in [0.5, 0.6) is 11.5 Å². The molecular weight excluding hydrogens is 399 g/mol. The third-order valence-corrected chi connectivity index (χ3v) is 4.89. The number of esters is 2. The van der Waals surface area contributed by atoms with E-state index in [1.165, 1.54) is 6.07 Å². The second-order valence-electron chi connectivity index (χ2n) is 6.75. The molecule has 154 valence electrons. The van der Waals surface area contributed by atoms with E-state index < -0.39 is 17.8 Å². The second kappa shape index (κ2) is 7.91. The molecule has 0 N–H and O–H groups in total. The monoisotopic (exact) mass is 416 g/mol. The molecule has 31 heavy (non-hydrogen) atoms. The normalized spacial score (nSPS) is 10.8. The van der Waals surface area contributed by atoms with Crippen molar-refractivity contribution in [3.8, 4) is 22.6 Å². The Morgan fingerprint density at radius 3 is 2.16 bits per heavy atom. The van der Waals surface area contributed by atoms with E-state index >= 15 is 0 Å². The summed E-state index contributed by atoms with van der Waals surface area (Å²) in [7, 11) is 0. The Balaban J connectivity index is 1.78.